The minimum Gasteiger partial charge on any atom is -0.356 e. The van der Waals surface area contributed by atoms with E-state index in [9.17, 15) is 19.2 Å². The number of fused-ring (bicyclic) bond motifs is 1. The molecule has 3 rings (SSSR count). The van der Waals surface area contributed by atoms with Crippen LogP contribution in [0.2, 0.25) is 0 Å². The molecular formula is C28H43N5O4. The Bertz CT molecular complexity index is 865. The number of piperazine rings is 1. The van der Waals surface area contributed by atoms with E-state index in [2.05, 4.69) is 20.9 Å². The van der Waals surface area contributed by atoms with E-state index in [4.69, 9.17) is 0 Å². The van der Waals surface area contributed by atoms with Crippen molar-refractivity contribution in [3.63, 3.8) is 0 Å². The monoisotopic (exact) mass is 513 g/mol. The number of benzene rings is 1. The van der Waals surface area contributed by atoms with Gasteiger partial charge in [0.2, 0.25) is 11.8 Å². The van der Waals surface area contributed by atoms with E-state index in [1.165, 1.54) is 4.90 Å². The van der Waals surface area contributed by atoms with Gasteiger partial charge in [-0.15, -0.1) is 0 Å². The summed E-state index contributed by atoms with van der Waals surface area (Å²) in [4.78, 5) is 52.5. The van der Waals surface area contributed by atoms with Gasteiger partial charge >= 0.3 is 0 Å². The van der Waals surface area contributed by atoms with Crippen LogP contribution in [0.3, 0.4) is 0 Å². The second-order valence-electron chi connectivity index (χ2n) is 9.93. The quantitative estimate of drug-likeness (QED) is 0.218. The van der Waals surface area contributed by atoms with Gasteiger partial charge in [0.15, 0.2) is 0 Å². The SMILES string of the molecule is O=C(CCCCCN1C(=O)c2ccccc2C1=O)NCCCCCC(=O)NCCCCN1CCNCC1. The van der Waals surface area contributed by atoms with Crippen molar-refractivity contribution in [3.05, 3.63) is 35.4 Å². The Morgan fingerprint density at radius 1 is 0.703 bits per heavy atom. The normalized spacial score (nSPS) is 15.6. The van der Waals surface area contributed by atoms with Gasteiger partial charge in [-0.25, -0.2) is 0 Å². The molecule has 37 heavy (non-hydrogen) atoms. The molecule has 1 aromatic carbocycles. The molecule has 4 amide bonds. The Labute approximate surface area is 220 Å². The maximum Gasteiger partial charge on any atom is 0.261 e. The van der Waals surface area contributed by atoms with Gasteiger partial charge in [-0.3, -0.25) is 24.1 Å². The Balaban J connectivity index is 1.10. The molecule has 204 valence electrons. The zero-order valence-corrected chi connectivity index (χ0v) is 22.1. The van der Waals surface area contributed by atoms with Crippen molar-refractivity contribution in [1.29, 1.82) is 0 Å². The predicted molar refractivity (Wildman–Crippen MR) is 143 cm³/mol. The van der Waals surface area contributed by atoms with Gasteiger partial charge in [-0.2, -0.15) is 0 Å². The molecule has 0 aliphatic carbocycles. The second kappa shape index (κ2) is 16.1. The molecule has 2 aliphatic rings. The van der Waals surface area contributed by atoms with Gasteiger partial charge in [0.25, 0.3) is 11.8 Å². The minimum absolute atomic E-state index is 0.0271. The molecule has 0 aromatic heterocycles. The van der Waals surface area contributed by atoms with Crippen molar-refractivity contribution in [2.75, 3.05) is 52.4 Å². The molecule has 9 nitrogen and oxygen atoms in total. The van der Waals surface area contributed by atoms with Crippen molar-refractivity contribution >= 4 is 23.6 Å². The molecule has 9 heteroatoms. The van der Waals surface area contributed by atoms with Gasteiger partial charge in [0, 0.05) is 58.7 Å². The summed E-state index contributed by atoms with van der Waals surface area (Å²) in [5.74, 6) is -0.305. The number of carbonyl (C=O) groups excluding carboxylic acids is 4. The molecule has 0 unspecified atom stereocenters. The minimum atomic E-state index is -0.225. The first kappa shape index (κ1) is 28.8. The molecule has 1 fully saturated rings. The van der Waals surface area contributed by atoms with Crippen LogP contribution in [0.1, 0.15) is 84.9 Å². The lowest BCUT2D eigenvalue weighted by atomic mass is 10.1. The van der Waals surface area contributed by atoms with Crippen LogP contribution in [0.4, 0.5) is 0 Å². The Morgan fingerprint density at radius 2 is 1.22 bits per heavy atom. The lowest BCUT2D eigenvalue weighted by molar-refractivity contribution is -0.122. The summed E-state index contributed by atoms with van der Waals surface area (Å²) in [5.41, 5.74) is 0.952. The standard InChI is InChI=1S/C28H43N5O4/c34-25(31-16-8-10-19-32-21-17-29-18-22-32)13-3-1-7-15-30-26(35)14-4-2-9-20-33-27(36)23-11-5-6-12-24(23)28(33)37/h5-6,11-12,29H,1-4,7-10,13-22H2,(H,30,35)(H,31,34). The van der Waals surface area contributed by atoms with Crippen LogP contribution >= 0.6 is 0 Å². The third-order valence-electron chi connectivity index (χ3n) is 7.00. The third kappa shape index (κ3) is 9.89. The van der Waals surface area contributed by atoms with Crippen molar-refractivity contribution in [1.82, 2.24) is 25.8 Å². The second-order valence-corrected chi connectivity index (χ2v) is 9.93. The van der Waals surface area contributed by atoms with Gasteiger partial charge in [0.1, 0.15) is 0 Å². The molecule has 0 atom stereocenters. The smallest absolute Gasteiger partial charge is 0.261 e. The first-order chi connectivity index (χ1) is 18.1. The van der Waals surface area contributed by atoms with Crippen molar-refractivity contribution in [2.45, 2.75) is 64.2 Å². The topological polar surface area (TPSA) is 111 Å². The van der Waals surface area contributed by atoms with E-state index in [1.807, 2.05) is 0 Å². The number of carbonyl (C=O) groups is 4. The molecular weight excluding hydrogens is 470 g/mol. The van der Waals surface area contributed by atoms with Crippen LogP contribution in [0.25, 0.3) is 0 Å². The first-order valence-electron chi connectivity index (χ1n) is 14.0. The molecule has 1 aromatic rings. The predicted octanol–water partition coefficient (Wildman–Crippen LogP) is 2.32. The van der Waals surface area contributed by atoms with Crippen LogP contribution in [0.15, 0.2) is 24.3 Å². The van der Waals surface area contributed by atoms with Gasteiger partial charge < -0.3 is 20.9 Å². The van der Waals surface area contributed by atoms with Crippen LogP contribution in [-0.2, 0) is 9.59 Å². The fraction of sp³-hybridized carbons (Fsp3) is 0.643. The van der Waals surface area contributed by atoms with Crippen molar-refractivity contribution < 1.29 is 19.2 Å². The van der Waals surface area contributed by atoms with Crippen LogP contribution in [-0.4, -0.2) is 85.8 Å². The maximum absolute atomic E-state index is 12.3. The van der Waals surface area contributed by atoms with E-state index in [0.29, 0.717) is 43.5 Å². The summed E-state index contributed by atoms with van der Waals surface area (Å²) in [6.07, 6.45) is 7.93. The summed E-state index contributed by atoms with van der Waals surface area (Å²) < 4.78 is 0. The highest BCUT2D eigenvalue weighted by Gasteiger charge is 2.34. The first-order valence-corrected chi connectivity index (χ1v) is 14.0. The highest BCUT2D eigenvalue weighted by molar-refractivity contribution is 6.21. The zero-order chi connectivity index (χ0) is 26.3. The number of hydrogen-bond donors (Lipinski definition) is 3. The summed E-state index contributed by atoms with van der Waals surface area (Å²) in [5, 5.41) is 9.30. The fourth-order valence-corrected chi connectivity index (χ4v) is 4.79. The molecule has 2 aliphatic heterocycles. The molecule has 0 spiro atoms. The number of imide groups is 1. The molecule has 0 bridgehead atoms. The molecule has 3 N–H and O–H groups in total. The van der Waals surface area contributed by atoms with E-state index in [1.54, 1.807) is 24.3 Å². The summed E-state index contributed by atoms with van der Waals surface area (Å²) in [6, 6.07) is 6.90. The highest BCUT2D eigenvalue weighted by Crippen LogP contribution is 2.22. The highest BCUT2D eigenvalue weighted by atomic mass is 16.2. The number of amides is 4. The van der Waals surface area contributed by atoms with E-state index in [-0.39, 0.29) is 23.6 Å². The largest absolute Gasteiger partial charge is 0.356 e. The lowest BCUT2D eigenvalue weighted by Crippen LogP contribution is -2.43. The van der Waals surface area contributed by atoms with Crippen LogP contribution < -0.4 is 16.0 Å². The number of nitrogens with one attached hydrogen (secondary N) is 3. The number of nitrogens with zero attached hydrogens (tertiary/aromatic N) is 2. The average molecular weight is 514 g/mol. The summed E-state index contributed by atoms with van der Waals surface area (Å²) >= 11 is 0. The third-order valence-corrected chi connectivity index (χ3v) is 7.00. The zero-order valence-electron chi connectivity index (χ0n) is 22.1. The summed E-state index contributed by atoms with van der Waals surface area (Å²) in [7, 11) is 0. The fourth-order valence-electron chi connectivity index (χ4n) is 4.79. The number of unbranched alkanes of at least 4 members (excludes halogenated alkanes) is 5. The van der Waals surface area contributed by atoms with E-state index in [0.717, 1.165) is 84.2 Å². The van der Waals surface area contributed by atoms with Crippen molar-refractivity contribution in [3.8, 4) is 0 Å². The van der Waals surface area contributed by atoms with Crippen molar-refractivity contribution in [2.24, 2.45) is 0 Å². The van der Waals surface area contributed by atoms with Crippen LogP contribution in [0.5, 0.6) is 0 Å². The van der Waals surface area contributed by atoms with E-state index >= 15 is 0 Å². The maximum atomic E-state index is 12.3. The molecule has 2 heterocycles. The Kier molecular flexibility index (Phi) is 12.6. The van der Waals surface area contributed by atoms with Gasteiger partial charge in [-0.1, -0.05) is 25.0 Å². The Hall–Kier alpha value is -2.78. The van der Waals surface area contributed by atoms with E-state index < -0.39 is 0 Å². The molecule has 1 saturated heterocycles. The molecule has 0 saturated carbocycles. The summed E-state index contributed by atoms with van der Waals surface area (Å²) in [6.45, 7) is 7.26. The van der Waals surface area contributed by atoms with Gasteiger partial charge in [-0.05, 0) is 57.2 Å². The average Bonchev–Trinajstić information content (AvgIpc) is 3.15. The lowest BCUT2D eigenvalue weighted by Gasteiger charge is -2.27. The Morgan fingerprint density at radius 3 is 1.81 bits per heavy atom. The molecule has 0 radical (unpaired) electrons. The number of rotatable bonds is 17. The number of hydrogen-bond acceptors (Lipinski definition) is 6. The van der Waals surface area contributed by atoms with Gasteiger partial charge in [0.05, 0.1) is 11.1 Å². The van der Waals surface area contributed by atoms with Crippen LogP contribution in [0, 0.1) is 0 Å².